The fraction of sp³-hybridized carbons (Fsp3) is 0.467. The summed E-state index contributed by atoms with van der Waals surface area (Å²) in [6, 6.07) is 14.0. The van der Waals surface area contributed by atoms with Crippen LogP contribution in [0.3, 0.4) is 0 Å². The number of para-hydroxylation sites is 1. The summed E-state index contributed by atoms with van der Waals surface area (Å²) in [6.07, 6.45) is 5.32. The van der Waals surface area contributed by atoms with Crippen LogP contribution < -0.4 is 4.74 Å². The van der Waals surface area contributed by atoms with Crippen molar-refractivity contribution in [3.63, 3.8) is 0 Å². The molecule has 2 aromatic carbocycles. The third-order valence-corrected chi connectivity index (χ3v) is 6.83. The first-order valence-electron chi connectivity index (χ1n) is 13.1. The van der Waals surface area contributed by atoms with Gasteiger partial charge in [0.1, 0.15) is 11.5 Å². The van der Waals surface area contributed by atoms with Crippen LogP contribution in [0.5, 0.6) is 5.75 Å². The standard InChI is InChI=1S/C30H40N2O4/c1-5-7-18-31(19-8-6-2)20-11-21-32-27(24-12-9-10-13-25(24)36-4)26(29(34)30(32)35)28(33)23-16-14-22(3)15-17-23/h9-10,12-17,27,33H,5-8,11,18-21H2,1-4H3/b28-26-. The predicted molar refractivity (Wildman–Crippen MR) is 144 cm³/mol. The van der Waals surface area contributed by atoms with Crippen LogP contribution in [0.25, 0.3) is 5.76 Å². The lowest BCUT2D eigenvalue weighted by atomic mass is 9.94. The van der Waals surface area contributed by atoms with Crippen molar-refractivity contribution in [1.82, 2.24) is 9.80 Å². The van der Waals surface area contributed by atoms with Crippen LogP contribution in [-0.2, 0) is 9.59 Å². The SMILES string of the molecule is CCCCN(CCCC)CCCN1C(=O)C(=O)/C(=C(\O)c2ccc(C)cc2)C1c1ccccc1OC. The molecule has 0 aliphatic carbocycles. The van der Waals surface area contributed by atoms with Crippen LogP contribution in [0.4, 0.5) is 0 Å². The molecule has 6 heteroatoms. The first-order valence-corrected chi connectivity index (χ1v) is 13.1. The van der Waals surface area contributed by atoms with E-state index in [4.69, 9.17) is 4.74 Å². The highest BCUT2D eigenvalue weighted by Gasteiger charge is 2.46. The Bertz CT molecular complexity index is 1050. The number of methoxy groups -OCH3 is 1. The molecule has 2 aromatic rings. The van der Waals surface area contributed by atoms with Gasteiger partial charge in [0.15, 0.2) is 0 Å². The maximum Gasteiger partial charge on any atom is 0.295 e. The molecule has 1 aliphatic heterocycles. The molecule has 0 spiro atoms. The second-order valence-electron chi connectivity index (χ2n) is 9.50. The van der Waals surface area contributed by atoms with Crippen molar-refractivity contribution in [1.29, 1.82) is 0 Å². The number of rotatable bonds is 13. The van der Waals surface area contributed by atoms with E-state index in [1.54, 1.807) is 24.1 Å². The average Bonchev–Trinajstić information content (AvgIpc) is 3.14. The van der Waals surface area contributed by atoms with E-state index >= 15 is 0 Å². The molecular weight excluding hydrogens is 452 g/mol. The number of ether oxygens (including phenoxy) is 1. The lowest BCUT2D eigenvalue weighted by Crippen LogP contribution is -2.34. The van der Waals surface area contributed by atoms with E-state index in [2.05, 4.69) is 18.7 Å². The Morgan fingerprint density at radius 1 is 0.944 bits per heavy atom. The summed E-state index contributed by atoms with van der Waals surface area (Å²) in [7, 11) is 1.57. The molecule has 1 amide bonds. The Kier molecular flexibility index (Phi) is 10.1. The molecule has 194 valence electrons. The molecule has 0 radical (unpaired) electrons. The number of carbonyl (C=O) groups excluding carboxylic acids is 2. The molecule has 0 bridgehead atoms. The van der Waals surface area contributed by atoms with E-state index in [0.29, 0.717) is 23.4 Å². The number of carbonyl (C=O) groups is 2. The predicted octanol–water partition coefficient (Wildman–Crippen LogP) is 5.72. The van der Waals surface area contributed by atoms with Gasteiger partial charge in [0, 0.05) is 17.7 Å². The summed E-state index contributed by atoms with van der Waals surface area (Å²) < 4.78 is 5.60. The molecule has 1 atom stereocenters. The Morgan fingerprint density at radius 3 is 2.17 bits per heavy atom. The van der Waals surface area contributed by atoms with Crippen LogP contribution in [0.15, 0.2) is 54.1 Å². The van der Waals surface area contributed by atoms with Gasteiger partial charge in [-0.1, -0.05) is 74.7 Å². The van der Waals surface area contributed by atoms with Gasteiger partial charge < -0.3 is 19.6 Å². The number of unbranched alkanes of at least 4 members (excludes halogenated alkanes) is 2. The van der Waals surface area contributed by atoms with Gasteiger partial charge in [-0.05, 0) is 51.9 Å². The van der Waals surface area contributed by atoms with Crippen LogP contribution >= 0.6 is 0 Å². The number of Topliss-reactive ketones (excluding diaryl/α,β-unsaturated/α-hetero) is 1. The molecule has 0 saturated carbocycles. The van der Waals surface area contributed by atoms with Crippen molar-refractivity contribution in [3.8, 4) is 5.75 Å². The highest BCUT2D eigenvalue weighted by molar-refractivity contribution is 6.46. The summed E-state index contributed by atoms with van der Waals surface area (Å²) >= 11 is 0. The zero-order chi connectivity index (χ0) is 26.1. The van der Waals surface area contributed by atoms with Crippen molar-refractivity contribution < 1.29 is 19.4 Å². The molecule has 1 heterocycles. The molecule has 1 aliphatic rings. The Balaban J connectivity index is 1.95. The Hall–Kier alpha value is -3.12. The number of amides is 1. The van der Waals surface area contributed by atoms with E-state index in [1.807, 2.05) is 43.3 Å². The normalized spacial score (nSPS) is 17.2. The second-order valence-corrected chi connectivity index (χ2v) is 9.50. The molecule has 1 unspecified atom stereocenters. The molecule has 6 nitrogen and oxygen atoms in total. The first kappa shape index (κ1) is 27.5. The van der Waals surface area contributed by atoms with E-state index in [9.17, 15) is 14.7 Å². The van der Waals surface area contributed by atoms with Crippen molar-refractivity contribution in [2.24, 2.45) is 0 Å². The van der Waals surface area contributed by atoms with Gasteiger partial charge in [-0.3, -0.25) is 9.59 Å². The minimum Gasteiger partial charge on any atom is -0.507 e. The van der Waals surface area contributed by atoms with Gasteiger partial charge >= 0.3 is 0 Å². The zero-order valence-corrected chi connectivity index (χ0v) is 22.1. The summed E-state index contributed by atoms with van der Waals surface area (Å²) in [4.78, 5) is 30.6. The topological polar surface area (TPSA) is 70.1 Å². The highest BCUT2D eigenvalue weighted by Crippen LogP contribution is 2.42. The van der Waals surface area contributed by atoms with Crippen LogP contribution in [-0.4, -0.2) is 59.9 Å². The number of aliphatic hydroxyl groups excluding tert-OH is 1. The maximum absolute atomic E-state index is 13.3. The third-order valence-electron chi connectivity index (χ3n) is 6.83. The number of aliphatic hydroxyl groups is 1. The number of hydrogen-bond acceptors (Lipinski definition) is 5. The minimum absolute atomic E-state index is 0.113. The van der Waals surface area contributed by atoms with E-state index in [-0.39, 0.29) is 11.3 Å². The fourth-order valence-corrected chi connectivity index (χ4v) is 4.76. The Morgan fingerprint density at radius 2 is 1.56 bits per heavy atom. The van der Waals surface area contributed by atoms with Gasteiger partial charge in [-0.15, -0.1) is 0 Å². The molecule has 3 rings (SSSR count). The average molecular weight is 493 g/mol. The summed E-state index contributed by atoms with van der Waals surface area (Å²) in [5.74, 6) is -0.804. The van der Waals surface area contributed by atoms with Crippen molar-refractivity contribution in [3.05, 3.63) is 70.8 Å². The van der Waals surface area contributed by atoms with Crippen molar-refractivity contribution in [2.45, 2.75) is 58.9 Å². The maximum atomic E-state index is 13.3. The van der Waals surface area contributed by atoms with Gasteiger partial charge in [0.05, 0.1) is 18.7 Å². The molecule has 36 heavy (non-hydrogen) atoms. The third kappa shape index (κ3) is 6.35. The summed E-state index contributed by atoms with van der Waals surface area (Å²) in [6.45, 7) is 9.71. The number of benzene rings is 2. The number of ketones is 1. The number of nitrogens with zero attached hydrogens (tertiary/aromatic N) is 2. The zero-order valence-electron chi connectivity index (χ0n) is 22.1. The summed E-state index contributed by atoms with van der Waals surface area (Å²) in [5.41, 5.74) is 2.37. The van der Waals surface area contributed by atoms with E-state index < -0.39 is 17.7 Å². The van der Waals surface area contributed by atoms with E-state index in [1.165, 1.54) is 0 Å². The monoisotopic (exact) mass is 492 g/mol. The van der Waals surface area contributed by atoms with Gasteiger partial charge in [0.2, 0.25) is 0 Å². The van der Waals surface area contributed by atoms with E-state index in [0.717, 1.165) is 57.3 Å². The van der Waals surface area contributed by atoms with Crippen LogP contribution in [0.1, 0.15) is 68.7 Å². The number of likely N-dealkylation sites (tertiary alicyclic amines) is 1. The molecular formula is C30H40N2O4. The quantitative estimate of drug-likeness (QED) is 0.220. The Labute approximate surface area is 215 Å². The summed E-state index contributed by atoms with van der Waals surface area (Å²) in [5, 5.41) is 11.3. The van der Waals surface area contributed by atoms with Gasteiger partial charge in [0.25, 0.3) is 11.7 Å². The van der Waals surface area contributed by atoms with Gasteiger partial charge in [-0.2, -0.15) is 0 Å². The molecule has 0 aromatic heterocycles. The molecule has 1 fully saturated rings. The number of hydrogen-bond donors (Lipinski definition) is 1. The largest absolute Gasteiger partial charge is 0.507 e. The van der Waals surface area contributed by atoms with Crippen molar-refractivity contribution >= 4 is 17.4 Å². The minimum atomic E-state index is -0.706. The molecule has 1 N–H and O–H groups in total. The van der Waals surface area contributed by atoms with Gasteiger partial charge in [-0.25, -0.2) is 0 Å². The number of aryl methyl sites for hydroxylation is 1. The smallest absolute Gasteiger partial charge is 0.295 e. The molecule has 1 saturated heterocycles. The fourth-order valence-electron chi connectivity index (χ4n) is 4.76. The lowest BCUT2D eigenvalue weighted by molar-refractivity contribution is -0.140. The highest BCUT2D eigenvalue weighted by atomic mass is 16.5. The van der Waals surface area contributed by atoms with Crippen LogP contribution in [0.2, 0.25) is 0 Å². The van der Waals surface area contributed by atoms with Crippen molar-refractivity contribution in [2.75, 3.05) is 33.3 Å². The van der Waals surface area contributed by atoms with Crippen LogP contribution in [0, 0.1) is 6.92 Å². The second kappa shape index (κ2) is 13.3. The lowest BCUT2D eigenvalue weighted by Gasteiger charge is -2.28. The first-order chi connectivity index (χ1) is 17.4.